The monoisotopic (exact) mass is 259 g/mol. The van der Waals surface area contributed by atoms with Crippen molar-refractivity contribution in [1.29, 1.82) is 0 Å². The number of nitrogens with zero attached hydrogens (tertiary/aromatic N) is 1. The molecular formula is C10H17ClF3NO. The summed E-state index contributed by atoms with van der Waals surface area (Å²) in [6.07, 6.45) is -2.04. The average Bonchev–Trinajstić information content (AvgIpc) is 2.23. The first-order chi connectivity index (χ1) is 7.51. The van der Waals surface area contributed by atoms with E-state index in [0.29, 0.717) is 18.3 Å². The minimum Gasteiger partial charge on any atom is -0.371 e. The summed E-state index contributed by atoms with van der Waals surface area (Å²) in [5.74, 6) is 1.10. The zero-order chi connectivity index (χ0) is 12.0. The summed E-state index contributed by atoms with van der Waals surface area (Å²) in [6, 6.07) is 0. The minimum absolute atomic E-state index is 0.133. The molecule has 16 heavy (non-hydrogen) atoms. The van der Waals surface area contributed by atoms with E-state index in [9.17, 15) is 13.2 Å². The van der Waals surface area contributed by atoms with Crippen LogP contribution in [0.5, 0.6) is 0 Å². The van der Waals surface area contributed by atoms with Gasteiger partial charge >= 0.3 is 6.18 Å². The Morgan fingerprint density at radius 1 is 1.38 bits per heavy atom. The maximum absolute atomic E-state index is 11.8. The van der Waals surface area contributed by atoms with Gasteiger partial charge in [0.05, 0.1) is 6.61 Å². The molecule has 0 saturated carbocycles. The number of halogens is 4. The number of hydrogen-bond donors (Lipinski definition) is 0. The molecule has 0 amide bonds. The molecule has 1 aliphatic rings. The van der Waals surface area contributed by atoms with Crippen LogP contribution in [0.15, 0.2) is 0 Å². The summed E-state index contributed by atoms with van der Waals surface area (Å²) < 4.78 is 39.9. The van der Waals surface area contributed by atoms with Crippen LogP contribution in [-0.2, 0) is 4.74 Å². The number of likely N-dealkylation sites (tertiary alicyclic amines) is 1. The average molecular weight is 260 g/mol. The molecule has 6 heteroatoms. The van der Waals surface area contributed by atoms with E-state index >= 15 is 0 Å². The molecule has 0 aromatic heterocycles. The van der Waals surface area contributed by atoms with Crippen molar-refractivity contribution in [2.45, 2.75) is 19.0 Å². The molecule has 0 aromatic carbocycles. The van der Waals surface area contributed by atoms with Crippen molar-refractivity contribution in [2.24, 2.45) is 5.92 Å². The highest BCUT2D eigenvalue weighted by Crippen LogP contribution is 2.17. The van der Waals surface area contributed by atoms with Crippen LogP contribution in [0.3, 0.4) is 0 Å². The molecule has 0 bridgehead atoms. The molecule has 0 spiro atoms. The number of piperidine rings is 1. The van der Waals surface area contributed by atoms with Gasteiger partial charge in [0, 0.05) is 19.0 Å². The molecule has 1 heterocycles. The topological polar surface area (TPSA) is 12.5 Å². The summed E-state index contributed by atoms with van der Waals surface area (Å²) in [5.41, 5.74) is 0. The van der Waals surface area contributed by atoms with Gasteiger partial charge in [0.15, 0.2) is 0 Å². The highest BCUT2D eigenvalue weighted by Gasteiger charge is 2.27. The van der Waals surface area contributed by atoms with Crippen LogP contribution in [0.25, 0.3) is 0 Å². The molecule has 2 nitrogen and oxygen atoms in total. The summed E-state index contributed by atoms with van der Waals surface area (Å²) in [5, 5.41) is 0. The standard InChI is InChI=1S/C10H17ClF3NO/c11-6-9-2-1-3-15(7-9)4-5-16-8-10(12,13)14/h9H,1-8H2. The van der Waals surface area contributed by atoms with Crippen LogP contribution in [0.1, 0.15) is 12.8 Å². The van der Waals surface area contributed by atoms with E-state index in [2.05, 4.69) is 9.64 Å². The van der Waals surface area contributed by atoms with Gasteiger partial charge in [-0.15, -0.1) is 11.6 Å². The smallest absolute Gasteiger partial charge is 0.371 e. The van der Waals surface area contributed by atoms with E-state index in [1.54, 1.807) is 0 Å². The van der Waals surface area contributed by atoms with E-state index < -0.39 is 12.8 Å². The van der Waals surface area contributed by atoms with E-state index in [1.165, 1.54) is 0 Å². The lowest BCUT2D eigenvalue weighted by Crippen LogP contribution is -2.38. The van der Waals surface area contributed by atoms with Crippen LogP contribution in [-0.4, -0.2) is 49.8 Å². The first kappa shape index (κ1) is 14.1. The lowest BCUT2D eigenvalue weighted by molar-refractivity contribution is -0.174. The second-order valence-electron chi connectivity index (χ2n) is 4.13. The van der Waals surface area contributed by atoms with Crippen molar-refractivity contribution < 1.29 is 17.9 Å². The maximum atomic E-state index is 11.8. The van der Waals surface area contributed by atoms with E-state index in [1.807, 2.05) is 0 Å². The fourth-order valence-corrected chi connectivity index (χ4v) is 2.11. The third kappa shape index (κ3) is 5.92. The Bertz CT molecular complexity index is 201. The van der Waals surface area contributed by atoms with Gasteiger partial charge in [0.2, 0.25) is 0 Å². The molecule has 0 aromatic rings. The van der Waals surface area contributed by atoms with Crippen molar-refractivity contribution in [1.82, 2.24) is 4.90 Å². The lowest BCUT2D eigenvalue weighted by atomic mass is 10.0. The van der Waals surface area contributed by atoms with Gasteiger partial charge < -0.3 is 9.64 Å². The molecule has 0 N–H and O–H groups in total. The summed E-state index contributed by atoms with van der Waals surface area (Å²) >= 11 is 5.76. The van der Waals surface area contributed by atoms with E-state index in [4.69, 9.17) is 11.6 Å². The van der Waals surface area contributed by atoms with Gasteiger partial charge in [-0.05, 0) is 25.3 Å². The van der Waals surface area contributed by atoms with Crippen molar-refractivity contribution in [3.05, 3.63) is 0 Å². The van der Waals surface area contributed by atoms with Gasteiger partial charge in [-0.25, -0.2) is 0 Å². The van der Waals surface area contributed by atoms with Crippen LogP contribution in [0.2, 0.25) is 0 Å². The quantitative estimate of drug-likeness (QED) is 0.556. The van der Waals surface area contributed by atoms with E-state index in [-0.39, 0.29) is 6.61 Å². The highest BCUT2D eigenvalue weighted by atomic mass is 35.5. The Morgan fingerprint density at radius 3 is 2.75 bits per heavy atom. The zero-order valence-electron chi connectivity index (χ0n) is 9.10. The first-order valence-corrected chi connectivity index (χ1v) is 5.97. The van der Waals surface area contributed by atoms with Crippen LogP contribution in [0, 0.1) is 5.92 Å². The molecule has 0 aliphatic carbocycles. The van der Waals surface area contributed by atoms with Gasteiger partial charge in [-0.2, -0.15) is 13.2 Å². The van der Waals surface area contributed by atoms with Crippen molar-refractivity contribution in [3.63, 3.8) is 0 Å². The Kier molecular flexibility index (Phi) is 5.86. The molecule has 0 radical (unpaired) electrons. The predicted molar refractivity (Wildman–Crippen MR) is 56.8 cm³/mol. The van der Waals surface area contributed by atoms with Gasteiger partial charge in [-0.3, -0.25) is 0 Å². The summed E-state index contributed by atoms with van der Waals surface area (Å²) in [7, 11) is 0. The largest absolute Gasteiger partial charge is 0.411 e. The molecular weight excluding hydrogens is 243 g/mol. The van der Waals surface area contributed by atoms with Gasteiger partial charge in [0.25, 0.3) is 0 Å². The van der Waals surface area contributed by atoms with Gasteiger partial charge in [0.1, 0.15) is 6.61 Å². The highest BCUT2D eigenvalue weighted by molar-refractivity contribution is 6.18. The Balaban J connectivity index is 2.08. The van der Waals surface area contributed by atoms with Crippen molar-refractivity contribution in [3.8, 4) is 0 Å². The van der Waals surface area contributed by atoms with Crippen LogP contribution < -0.4 is 0 Å². The van der Waals surface area contributed by atoms with E-state index in [0.717, 1.165) is 25.9 Å². The van der Waals surface area contributed by atoms with Crippen LogP contribution in [0.4, 0.5) is 13.2 Å². The lowest BCUT2D eigenvalue weighted by Gasteiger charge is -2.31. The molecule has 1 saturated heterocycles. The Hall–Kier alpha value is 0. The molecule has 1 aliphatic heterocycles. The normalized spacial score (nSPS) is 23.6. The third-order valence-electron chi connectivity index (χ3n) is 2.64. The molecule has 1 rings (SSSR count). The number of alkyl halides is 4. The molecule has 1 unspecified atom stereocenters. The first-order valence-electron chi connectivity index (χ1n) is 5.44. The third-order valence-corrected chi connectivity index (χ3v) is 3.08. The summed E-state index contributed by atoms with van der Waals surface area (Å²) in [6.45, 7) is 1.35. The Labute approximate surface area is 98.7 Å². The zero-order valence-corrected chi connectivity index (χ0v) is 9.86. The molecule has 1 atom stereocenters. The number of hydrogen-bond acceptors (Lipinski definition) is 2. The number of ether oxygens (including phenoxy) is 1. The molecule has 96 valence electrons. The second-order valence-corrected chi connectivity index (χ2v) is 4.44. The summed E-state index contributed by atoms with van der Waals surface area (Å²) in [4.78, 5) is 2.12. The maximum Gasteiger partial charge on any atom is 0.411 e. The van der Waals surface area contributed by atoms with Gasteiger partial charge in [-0.1, -0.05) is 0 Å². The molecule has 1 fully saturated rings. The second kappa shape index (κ2) is 6.67. The fraction of sp³-hybridized carbons (Fsp3) is 1.00. The van der Waals surface area contributed by atoms with Crippen molar-refractivity contribution in [2.75, 3.05) is 38.7 Å². The number of rotatable bonds is 5. The Morgan fingerprint density at radius 2 is 2.12 bits per heavy atom. The predicted octanol–water partition coefficient (Wildman–Crippen LogP) is 2.52. The fourth-order valence-electron chi connectivity index (χ4n) is 1.86. The van der Waals surface area contributed by atoms with Crippen LogP contribution >= 0.6 is 11.6 Å². The van der Waals surface area contributed by atoms with Crippen molar-refractivity contribution >= 4 is 11.6 Å². The SMILES string of the molecule is FC(F)(F)COCCN1CCCC(CCl)C1. The minimum atomic E-state index is -4.22.